The van der Waals surface area contributed by atoms with E-state index < -0.39 is 0 Å². The summed E-state index contributed by atoms with van der Waals surface area (Å²) in [6, 6.07) is 4.22. The monoisotopic (exact) mass is 278 g/mol. The topological polar surface area (TPSA) is 0 Å². The van der Waals surface area contributed by atoms with Crippen LogP contribution in [-0.4, -0.2) is 0 Å². The van der Waals surface area contributed by atoms with Crippen molar-refractivity contribution in [2.45, 2.75) is 53.9 Å². The van der Waals surface area contributed by atoms with Gasteiger partial charge in [-0.2, -0.15) is 0 Å². The van der Waals surface area contributed by atoms with E-state index in [1.165, 1.54) is 23.1 Å². The predicted octanol–water partition coefficient (Wildman–Crippen LogP) is 6.16. The molecule has 0 aliphatic rings. The molecule has 0 aromatic heterocycles. The second-order valence-electron chi connectivity index (χ2n) is 5.95. The van der Waals surface area contributed by atoms with Gasteiger partial charge in [-0.15, -0.1) is 0 Å². The maximum atomic E-state index is 6.33. The fourth-order valence-electron chi connectivity index (χ4n) is 2.48. The first-order valence-electron chi connectivity index (χ1n) is 7.34. The molecular weight excluding hydrogens is 252 g/mol. The van der Waals surface area contributed by atoms with Crippen molar-refractivity contribution in [3.05, 3.63) is 40.4 Å². The molecule has 0 saturated carbocycles. The minimum absolute atomic E-state index is 0.748. The van der Waals surface area contributed by atoms with E-state index in [2.05, 4.69) is 40.3 Å². The van der Waals surface area contributed by atoms with Gasteiger partial charge in [0.2, 0.25) is 0 Å². The Morgan fingerprint density at radius 3 is 2.37 bits per heavy atom. The van der Waals surface area contributed by atoms with Crippen LogP contribution in [0.15, 0.2) is 18.7 Å². The van der Waals surface area contributed by atoms with Gasteiger partial charge in [-0.05, 0) is 66.4 Å². The molecular formula is C18H27Cl. The Balaban J connectivity index is 3.02. The molecule has 0 nitrogen and oxygen atoms in total. The Labute approximate surface area is 123 Å². The van der Waals surface area contributed by atoms with Crippen LogP contribution >= 0.6 is 11.6 Å². The summed E-state index contributed by atoms with van der Waals surface area (Å²) in [6.07, 6.45) is 3.40. The van der Waals surface area contributed by atoms with Crippen molar-refractivity contribution in [3.8, 4) is 0 Å². The molecule has 1 aromatic rings. The zero-order valence-corrected chi connectivity index (χ0v) is 13.8. The molecule has 1 heteroatoms. The summed E-state index contributed by atoms with van der Waals surface area (Å²) < 4.78 is 0. The molecule has 0 aliphatic heterocycles. The van der Waals surface area contributed by atoms with Crippen LogP contribution < -0.4 is 0 Å². The Hall–Kier alpha value is -0.750. The number of rotatable bonds is 6. The summed E-state index contributed by atoms with van der Waals surface area (Å²) in [7, 11) is 0. The van der Waals surface area contributed by atoms with Gasteiger partial charge in [-0.3, -0.25) is 0 Å². The fourth-order valence-corrected chi connectivity index (χ4v) is 2.82. The van der Waals surface area contributed by atoms with Gasteiger partial charge < -0.3 is 0 Å². The second kappa shape index (κ2) is 7.14. The normalized spacial score (nSPS) is 12.8. The zero-order chi connectivity index (χ0) is 14.6. The Morgan fingerprint density at radius 1 is 1.26 bits per heavy atom. The predicted molar refractivity (Wildman–Crippen MR) is 87.9 cm³/mol. The molecule has 1 aromatic carbocycles. The number of benzene rings is 1. The van der Waals surface area contributed by atoms with Crippen LogP contribution in [0.5, 0.6) is 0 Å². The van der Waals surface area contributed by atoms with E-state index in [-0.39, 0.29) is 0 Å². The van der Waals surface area contributed by atoms with Gasteiger partial charge in [0.05, 0.1) is 0 Å². The van der Waals surface area contributed by atoms with Crippen molar-refractivity contribution in [1.29, 1.82) is 0 Å². The van der Waals surface area contributed by atoms with Crippen molar-refractivity contribution in [3.63, 3.8) is 0 Å². The number of hydrogen-bond donors (Lipinski definition) is 0. The highest BCUT2D eigenvalue weighted by atomic mass is 35.5. The Kier molecular flexibility index (Phi) is 6.13. The molecule has 0 saturated heterocycles. The Morgan fingerprint density at radius 2 is 1.89 bits per heavy atom. The van der Waals surface area contributed by atoms with E-state index in [0.29, 0.717) is 0 Å². The van der Waals surface area contributed by atoms with Crippen molar-refractivity contribution in [2.75, 3.05) is 0 Å². The lowest BCUT2D eigenvalue weighted by molar-refractivity contribution is 0.392. The lowest BCUT2D eigenvalue weighted by Gasteiger charge is -2.19. The van der Waals surface area contributed by atoms with E-state index in [0.717, 1.165) is 35.3 Å². The summed E-state index contributed by atoms with van der Waals surface area (Å²) in [5, 5.41) is 0.838. The molecule has 0 radical (unpaired) electrons. The van der Waals surface area contributed by atoms with Gasteiger partial charge in [0.1, 0.15) is 0 Å². The molecule has 0 bridgehead atoms. The molecule has 1 atom stereocenters. The highest BCUT2D eigenvalue weighted by Crippen LogP contribution is 2.31. The summed E-state index contributed by atoms with van der Waals surface area (Å²) in [4.78, 5) is 0. The molecule has 0 N–H and O–H groups in total. The standard InChI is InChI=1S/C18H27Cl/c1-7-16-15(9-8-14(6)12(2)3)10-11-17(19)18(16)13(4)5/h10-12,14H,4,7-9H2,1-3,5-6H3. The minimum Gasteiger partial charge on any atom is -0.0955 e. The van der Waals surface area contributed by atoms with Crippen LogP contribution in [0.25, 0.3) is 5.57 Å². The molecule has 1 rings (SSSR count). The minimum atomic E-state index is 0.748. The maximum Gasteiger partial charge on any atom is 0.0483 e. The van der Waals surface area contributed by atoms with Gasteiger partial charge in [0.15, 0.2) is 0 Å². The third-order valence-electron chi connectivity index (χ3n) is 4.15. The number of hydrogen-bond acceptors (Lipinski definition) is 0. The third-order valence-corrected chi connectivity index (χ3v) is 4.46. The largest absolute Gasteiger partial charge is 0.0955 e. The highest BCUT2D eigenvalue weighted by Gasteiger charge is 2.13. The average molecular weight is 279 g/mol. The van der Waals surface area contributed by atoms with Crippen LogP contribution in [-0.2, 0) is 12.8 Å². The van der Waals surface area contributed by atoms with E-state index in [4.69, 9.17) is 11.6 Å². The van der Waals surface area contributed by atoms with E-state index in [9.17, 15) is 0 Å². The van der Waals surface area contributed by atoms with E-state index in [1.807, 2.05) is 13.0 Å². The van der Waals surface area contributed by atoms with Gasteiger partial charge in [0.25, 0.3) is 0 Å². The van der Waals surface area contributed by atoms with Crippen molar-refractivity contribution in [1.82, 2.24) is 0 Å². The molecule has 19 heavy (non-hydrogen) atoms. The number of allylic oxidation sites excluding steroid dienone is 1. The van der Waals surface area contributed by atoms with E-state index >= 15 is 0 Å². The molecule has 1 unspecified atom stereocenters. The fraction of sp³-hybridized carbons (Fsp3) is 0.556. The van der Waals surface area contributed by atoms with Crippen molar-refractivity contribution >= 4 is 17.2 Å². The van der Waals surface area contributed by atoms with Crippen LogP contribution in [0.4, 0.5) is 0 Å². The zero-order valence-electron chi connectivity index (χ0n) is 13.0. The average Bonchev–Trinajstić information content (AvgIpc) is 2.35. The highest BCUT2D eigenvalue weighted by molar-refractivity contribution is 6.32. The van der Waals surface area contributed by atoms with Crippen molar-refractivity contribution in [2.24, 2.45) is 11.8 Å². The number of halogens is 1. The Bertz CT molecular complexity index is 443. The van der Waals surface area contributed by atoms with Gasteiger partial charge >= 0.3 is 0 Å². The molecule has 106 valence electrons. The van der Waals surface area contributed by atoms with Crippen molar-refractivity contribution < 1.29 is 0 Å². The SMILES string of the molecule is C=C(C)c1c(Cl)ccc(CCC(C)C(C)C)c1CC. The number of aryl methyl sites for hydroxylation is 1. The van der Waals surface area contributed by atoms with Gasteiger partial charge in [-0.25, -0.2) is 0 Å². The third kappa shape index (κ3) is 4.11. The van der Waals surface area contributed by atoms with Gasteiger partial charge in [0, 0.05) is 5.02 Å². The first-order valence-corrected chi connectivity index (χ1v) is 7.72. The summed E-state index contributed by atoms with van der Waals surface area (Å²) >= 11 is 6.33. The molecule has 0 spiro atoms. The maximum absolute atomic E-state index is 6.33. The lowest BCUT2D eigenvalue weighted by Crippen LogP contribution is -2.07. The van der Waals surface area contributed by atoms with E-state index in [1.54, 1.807) is 0 Å². The van der Waals surface area contributed by atoms with Crippen LogP contribution in [0.3, 0.4) is 0 Å². The summed E-state index contributed by atoms with van der Waals surface area (Å²) in [5.74, 6) is 1.51. The lowest BCUT2D eigenvalue weighted by atomic mass is 9.87. The molecule has 0 fully saturated rings. The van der Waals surface area contributed by atoms with Crippen LogP contribution in [0.2, 0.25) is 5.02 Å². The second-order valence-corrected chi connectivity index (χ2v) is 6.36. The summed E-state index contributed by atoms with van der Waals surface area (Å²) in [6.45, 7) is 15.3. The van der Waals surface area contributed by atoms with Crippen LogP contribution in [0.1, 0.15) is 57.7 Å². The molecule has 0 aliphatic carbocycles. The quantitative estimate of drug-likeness (QED) is 0.584. The summed E-state index contributed by atoms with van der Waals surface area (Å²) in [5.41, 5.74) is 5.06. The van der Waals surface area contributed by atoms with Gasteiger partial charge in [-0.1, -0.05) is 51.9 Å². The molecule has 0 amide bonds. The smallest absolute Gasteiger partial charge is 0.0483 e. The first-order chi connectivity index (χ1) is 8.88. The first kappa shape index (κ1) is 16.3. The molecule has 0 heterocycles. The van der Waals surface area contributed by atoms with Crippen LogP contribution in [0, 0.1) is 11.8 Å².